The van der Waals surface area contributed by atoms with E-state index >= 15 is 0 Å². The van der Waals surface area contributed by atoms with Crippen LogP contribution in [0.15, 0.2) is 85.1 Å². The molecule has 0 aliphatic heterocycles. The molecule has 2 nitrogen and oxygen atoms in total. The SMILES string of the molecule is Cc1cc(CCCCc2cccc(-c3ccc(-c4ccccc4)nc3)c2)cc(C)n1. The van der Waals surface area contributed by atoms with E-state index in [2.05, 4.69) is 84.5 Å². The molecule has 2 aromatic heterocycles. The summed E-state index contributed by atoms with van der Waals surface area (Å²) < 4.78 is 0. The Kier molecular flexibility index (Phi) is 6.34. The van der Waals surface area contributed by atoms with Crippen molar-refractivity contribution in [2.75, 3.05) is 0 Å². The van der Waals surface area contributed by atoms with Gasteiger partial charge in [-0.05, 0) is 74.4 Å². The van der Waals surface area contributed by atoms with Crippen molar-refractivity contribution in [2.45, 2.75) is 39.5 Å². The lowest BCUT2D eigenvalue weighted by Crippen LogP contribution is -1.94. The molecule has 4 rings (SSSR count). The van der Waals surface area contributed by atoms with Gasteiger partial charge in [0.1, 0.15) is 0 Å². The highest BCUT2D eigenvalue weighted by Gasteiger charge is 2.03. The van der Waals surface area contributed by atoms with E-state index in [0.29, 0.717) is 0 Å². The third-order valence-electron chi connectivity index (χ3n) is 5.42. The summed E-state index contributed by atoms with van der Waals surface area (Å²) in [6.07, 6.45) is 6.59. The number of aromatic nitrogens is 2. The normalized spacial score (nSPS) is 10.9. The summed E-state index contributed by atoms with van der Waals surface area (Å²) >= 11 is 0. The van der Waals surface area contributed by atoms with E-state index in [-0.39, 0.29) is 0 Å². The minimum Gasteiger partial charge on any atom is -0.258 e. The zero-order valence-corrected chi connectivity index (χ0v) is 17.8. The molecule has 0 saturated heterocycles. The molecule has 0 spiro atoms. The second-order valence-corrected chi connectivity index (χ2v) is 7.96. The molecule has 0 aliphatic carbocycles. The van der Waals surface area contributed by atoms with Crippen LogP contribution in [0.4, 0.5) is 0 Å². The van der Waals surface area contributed by atoms with E-state index in [1.54, 1.807) is 0 Å². The highest BCUT2D eigenvalue weighted by molar-refractivity contribution is 5.67. The number of unbranched alkanes of at least 4 members (excludes halogenated alkanes) is 1. The molecule has 0 saturated carbocycles. The average molecular weight is 393 g/mol. The van der Waals surface area contributed by atoms with Gasteiger partial charge in [-0.1, -0.05) is 60.7 Å². The summed E-state index contributed by atoms with van der Waals surface area (Å²) in [4.78, 5) is 9.14. The van der Waals surface area contributed by atoms with Gasteiger partial charge >= 0.3 is 0 Å². The number of pyridine rings is 2. The molecule has 0 aliphatic rings. The van der Waals surface area contributed by atoms with E-state index in [1.807, 2.05) is 24.4 Å². The van der Waals surface area contributed by atoms with Crippen LogP contribution in [0.3, 0.4) is 0 Å². The fourth-order valence-corrected chi connectivity index (χ4v) is 3.97. The van der Waals surface area contributed by atoms with Crippen LogP contribution in [0.5, 0.6) is 0 Å². The molecule has 0 bridgehead atoms. The Morgan fingerprint density at radius 1 is 0.600 bits per heavy atom. The van der Waals surface area contributed by atoms with E-state index < -0.39 is 0 Å². The van der Waals surface area contributed by atoms with Crippen LogP contribution >= 0.6 is 0 Å². The molecular weight excluding hydrogens is 364 g/mol. The van der Waals surface area contributed by atoms with Crippen LogP contribution < -0.4 is 0 Å². The van der Waals surface area contributed by atoms with Crippen molar-refractivity contribution in [2.24, 2.45) is 0 Å². The topological polar surface area (TPSA) is 25.8 Å². The molecule has 0 unspecified atom stereocenters. The fraction of sp³-hybridized carbons (Fsp3) is 0.214. The first-order valence-electron chi connectivity index (χ1n) is 10.7. The molecule has 0 radical (unpaired) electrons. The van der Waals surface area contributed by atoms with Gasteiger partial charge in [0.25, 0.3) is 0 Å². The van der Waals surface area contributed by atoms with Crippen molar-refractivity contribution >= 4 is 0 Å². The lowest BCUT2D eigenvalue weighted by molar-refractivity contribution is 0.732. The molecule has 0 N–H and O–H groups in total. The molecule has 0 atom stereocenters. The van der Waals surface area contributed by atoms with Gasteiger partial charge in [-0.25, -0.2) is 0 Å². The largest absolute Gasteiger partial charge is 0.258 e. The molecule has 0 amide bonds. The van der Waals surface area contributed by atoms with Gasteiger partial charge in [-0.3, -0.25) is 9.97 Å². The summed E-state index contributed by atoms with van der Waals surface area (Å²) in [7, 11) is 0. The number of nitrogens with zero attached hydrogens (tertiary/aromatic N) is 2. The Bertz CT molecular complexity index is 1080. The first-order valence-corrected chi connectivity index (χ1v) is 10.7. The van der Waals surface area contributed by atoms with Crippen LogP contribution in [0.25, 0.3) is 22.4 Å². The van der Waals surface area contributed by atoms with Gasteiger partial charge in [0.2, 0.25) is 0 Å². The Labute approximate surface area is 179 Å². The van der Waals surface area contributed by atoms with E-state index in [4.69, 9.17) is 0 Å². The molecule has 4 aromatic rings. The Hall–Kier alpha value is -3.26. The monoisotopic (exact) mass is 392 g/mol. The van der Waals surface area contributed by atoms with Gasteiger partial charge in [0.15, 0.2) is 0 Å². The second kappa shape index (κ2) is 9.49. The molecule has 2 heteroatoms. The lowest BCUT2D eigenvalue weighted by atomic mass is 9.99. The van der Waals surface area contributed by atoms with Crippen LogP contribution in [0.2, 0.25) is 0 Å². The maximum atomic E-state index is 4.67. The number of benzene rings is 2. The number of hydrogen-bond donors (Lipinski definition) is 0. The fourth-order valence-electron chi connectivity index (χ4n) is 3.97. The van der Waals surface area contributed by atoms with Crippen molar-refractivity contribution in [3.63, 3.8) is 0 Å². The molecule has 2 aromatic carbocycles. The zero-order chi connectivity index (χ0) is 20.8. The van der Waals surface area contributed by atoms with E-state index in [1.165, 1.54) is 35.1 Å². The van der Waals surface area contributed by atoms with Crippen LogP contribution in [0.1, 0.15) is 35.4 Å². The van der Waals surface area contributed by atoms with Crippen LogP contribution in [-0.4, -0.2) is 9.97 Å². The minimum absolute atomic E-state index is 1.01. The van der Waals surface area contributed by atoms with Gasteiger partial charge in [0, 0.05) is 28.7 Å². The number of rotatable bonds is 7. The van der Waals surface area contributed by atoms with Crippen molar-refractivity contribution in [1.82, 2.24) is 9.97 Å². The highest BCUT2D eigenvalue weighted by Crippen LogP contribution is 2.24. The molecule has 150 valence electrons. The molecular formula is C28H28N2. The third kappa shape index (κ3) is 5.21. The summed E-state index contributed by atoms with van der Waals surface area (Å²) in [6, 6.07) is 27.9. The lowest BCUT2D eigenvalue weighted by Gasteiger charge is -2.08. The molecule has 2 heterocycles. The van der Waals surface area contributed by atoms with Crippen LogP contribution in [-0.2, 0) is 12.8 Å². The number of hydrogen-bond acceptors (Lipinski definition) is 2. The first kappa shape index (κ1) is 20.0. The standard InChI is InChI=1S/C28H28N2/c1-21-17-24(18-22(2)30-21)10-7-6-9-23-11-8-14-26(19-23)27-15-16-28(29-20-27)25-12-4-3-5-13-25/h3-5,8,11-20H,6-7,9-10H2,1-2H3. The highest BCUT2D eigenvalue weighted by atomic mass is 14.7. The average Bonchev–Trinajstić information content (AvgIpc) is 2.77. The van der Waals surface area contributed by atoms with Gasteiger partial charge < -0.3 is 0 Å². The van der Waals surface area contributed by atoms with Gasteiger partial charge in [0.05, 0.1) is 5.69 Å². The Morgan fingerprint density at radius 2 is 1.30 bits per heavy atom. The van der Waals surface area contributed by atoms with E-state index in [9.17, 15) is 0 Å². The summed E-state index contributed by atoms with van der Waals surface area (Å²) in [5.41, 5.74) is 9.59. The number of aryl methyl sites for hydroxylation is 4. The predicted molar refractivity (Wildman–Crippen MR) is 125 cm³/mol. The smallest absolute Gasteiger partial charge is 0.0702 e. The van der Waals surface area contributed by atoms with Gasteiger partial charge in [-0.15, -0.1) is 0 Å². The van der Waals surface area contributed by atoms with Crippen molar-refractivity contribution in [3.05, 3.63) is 108 Å². The van der Waals surface area contributed by atoms with Crippen LogP contribution in [0, 0.1) is 13.8 Å². The van der Waals surface area contributed by atoms with Crippen molar-refractivity contribution in [1.29, 1.82) is 0 Å². The van der Waals surface area contributed by atoms with Gasteiger partial charge in [-0.2, -0.15) is 0 Å². The molecule has 30 heavy (non-hydrogen) atoms. The third-order valence-corrected chi connectivity index (χ3v) is 5.42. The predicted octanol–water partition coefficient (Wildman–Crippen LogP) is 6.99. The maximum absolute atomic E-state index is 4.67. The quantitative estimate of drug-likeness (QED) is 0.317. The zero-order valence-electron chi connectivity index (χ0n) is 17.8. The van der Waals surface area contributed by atoms with Crippen molar-refractivity contribution < 1.29 is 0 Å². The second-order valence-electron chi connectivity index (χ2n) is 7.96. The maximum Gasteiger partial charge on any atom is 0.0702 e. The first-order chi connectivity index (χ1) is 14.7. The summed E-state index contributed by atoms with van der Waals surface area (Å²) in [5, 5.41) is 0. The minimum atomic E-state index is 1.01. The Morgan fingerprint density at radius 3 is 2.00 bits per heavy atom. The molecule has 0 fully saturated rings. The van der Waals surface area contributed by atoms with Crippen molar-refractivity contribution in [3.8, 4) is 22.4 Å². The van der Waals surface area contributed by atoms with E-state index in [0.717, 1.165) is 35.5 Å². The summed E-state index contributed by atoms with van der Waals surface area (Å²) in [6.45, 7) is 4.15. The summed E-state index contributed by atoms with van der Waals surface area (Å²) in [5.74, 6) is 0. The Balaban J connectivity index is 1.36.